The number of hydrogen-bond acceptors (Lipinski definition) is 1. The van der Waals surface area contributed by atoms with Crippen molar-refractivity contribution in [2.24, 2.45) is 5.92 Å². The summed E-state index contributed by atoms with van der Waals surface area (Å²) in [5.41, 5.74) is 2.95. The molecule has 2 rings (SSSR count). The van der Waals surface area contributed by atoms with Crippen molar-refractivity contribution in [1.82, 2.24) is 4.57 Å². The van der Waals surface area contributed by atoms with Crippen molar-refractivity contribution in [2.45, 2.75) is 33.2 Å². The van der Waals surface area contributed by atoms with Crippen molar-refractivity contribution in [3.8, 4) is 11.3 Å². The quantitative estimate of drug-likeness (QED) is 0.874. The van der Waals surface area contributed by atoms with Gasteiger partial charge in [0.25, 0.3) is 0 Å². The minimum Gasteiger partial charge on any atom is -0.481 e. The molecule has 0 saturated carbocycles. The van der Waals surface area contributed by atoms with Gasteiger partial charge < -0.3 is 9.67 Å². The largest absolute Gasteiger partial charge is 0.481 e. The van der Waals surface area contributed by atoms with Crippen LogP contribution in [0.5, 0.6) is 0 Å². The van der Waals surface area contributed by atoms with Crippen LogP contribution in [-0.2, 0) is 17.8 Å². The van der Waals surface area contributed by atoms with Crippen molar-refractivity contribution in [2.75, 3.05) is 0 Å². The SMILES string of the molecule is CC(C)Cn1c(CCC(=O)O)ccc1-c1ccc(F)cc1. The number of halogens is 1. The van der Waals surface area contributed by atoms with Crippen molar-refractivity contribution in [1.29, 1.82) is 0 Å². The fourth-order valence-corrected chi connectivity index (χ4v) is 2.42. The second kappa shape index (κ2) is 6.57. The van der Waals surface area contributed by atoms with E-state index in [0.717, 1.165) is 23.5 Å². The summed E-state index contributed by atoms with van der Waals surface area (Å²) in [5.74, 6) is -0.609. The van der Waals surface area contributed by atoms with Gasteiger partial charge in [-0.2, -0.15) is 0 Å². The van der Waals surface area contributed by atoms with Crippen LogP contribution in [0.25, 0.3) is 11.3 Å². The van der Waals surface area contributed by atoms with Gasteiger partial charge in [-0.05, 0) is 54.3 Å². The molecular weight excluding hydrogens is 269 g/mol. The summed E-state index contributed by atoms with van der Waals surface area (Å²) >= 11 is 0. The van der Waals surface area contributed by atoms with Gasteiger partial charge in [0.05, 0.1) is 6.42 Å². The molecule has 0 unspecified atom stereocenters. The highest BCUT2D eigenvalue weighted by Gasteiger charge is 2.12. The Morgan fingerprint density at radius 3 is 2.43 bits per heavy atom. The van der Waals surface area contributed by atoms with E-state index in [2.05, 4.69) is 18.4 Å². The summed E-state index contributed by atoms with van der Waals surface area (Å²) < 4.78 is 15.2. The van der Waals surface area contributed by atoms with Crippen molar-refractivity contribution >= 4 is 5.97 Å². The first-order valence-electron chi connectivity index (χ1n) is 7.13. The van der Waals surface area contributed by atoms with Crippen LogP contribution in [0.3, 0.4) is 0 Å². The molecule has 0 bridgehead atoms. The highest BCUT2D eigenvalue weighted by Crippen LogP contribution is 2.25. The van der Waals surface area contributed by atoms with E-state index < -0.39 is 5.97 Å². The smallest absolute Gasteiger partial charge is 0.303 e. The average Bonchev–Trinajstić information content (AvgIpc) is 2.79. The molecule has 112 valence electrons. The Balaban J connectivity index is 2.35. The number of aliphatic carboxylic acids is 1. The highest BCUT2D eigenvalue weighted by molar-refractivity contribution is 5.67. The number of carbonyl (C=O) groups is 1. The molecule has 21 heavy (non-hydrogen) atoms. The van der Waals surface area contributed by atoms with E-state index in [9.17, 15) is 9.18 Å². The summed E-state index contributed by atoms with van der Waals surface area (Å²) in [7, 11) is 0. The Hall–Kier alpha value is -2.10. The first-order valence-corrected chi connectivity index (χ1v) is 7.13. The number of aryl methyl sites for hydroxylation is 1. The predicted octanol–water partition coefficient (Wildman–Crippen LogP) is 3.97. The van der Waals surface area contributed by atoms with Gasteiger partial charge >= 0.3 is 5.97 Å². The predicted molar refractivity (Wildman–Crippen MR) is 80.6 cm³/mol. The third kappa shape index (κ3) is 3.94. The van der Waals surface area contributed by atoms with Crippen LogP contribution in [-0.4, -0.2) is 15.6 Å². The van der Waals surface area contributed by atoms with E-state index >= 15 is 0 Å². The Morgan fingerprint density at radius 1 is 1.19 bits per heavy atom. The molecular formula is C17H20FNO2. The molecule has 0 saturated heterocycles. The normalized spacial score (nSPS) is 11.0. The van der Waals surface area contributed by atoms with Crippen molar-refractivity contribution in [3.63, 3.8) is 0 Å². The number of hydrogen-bond donors (Lipinski definition) is 1. The zero-order valence-corrected chi connectivity index (χ0v) is 12.3. The summed E-state index contributed by atoms with van der Waals surface area (Å²) in [6, 6.07) is 10.3. The van der Waals surface area contributed by atoms with E-state index in [0.29, 0.717) is 12.3 Å². The van der Waals surface area contributed by atoms with Gasteiger partial charge in [-0.1, -0.05) is 13.8 Å². The Kier molecular flexibility index (Phi) is 4.78. The maximum atomic E-state index is 13.1. The number of rotatable bonds is 6. The molecule has 2 aromatic rings. The molecule has 3 nitrogen and oxygen atoms in total. The van der Waals surface area contributed by atoms with Crippen LogP contribution in [0.4, 0.5) is 4.39 Å². The fraction of sp³-hybridized carbons (Fsp3) is 0.353. The molecule has 0 aliphatic carbocycles. The highest BCUT2D eigenvalue weighted by atomic mass is 19.1. The number of aromatic nitrogens is 1. The monoisotopic (exact) mass is 289 g/mol. The van der Waals surface area contributed by atoms with E-state index in [1.165, 1.54) is 12.1 Å². The maximum Gasteiger partial charge on any atom is 0.303 e. The molecule has 0 radical (unpaired) electrons. The van der Waals surface area contributed by atoms with Gasteiger partial charge in [-0.3, -0.25) is 4.79 Å². The summed E-state index contributed by atoms with van der Waals surface area (Å²) in [6.07, 6.45) is 0.619. The van der Waals surface area contributed by atoms with Crippen LogP contribution in [0.15, 0.2) is 36.4 Å². The summed E-state index contributed by atoms with van der Waals surface area (Å²) in [5, 5.41) is 8.85. The molecule has 1 aromatic heterocycles. The molecule has 1 heterocycles. The third-order valence-electron chi connectivity index (χ3n) is 3.35. The van der Waals surface area contributed by atoms with Crippen molar-refractivity contribution < 1.29 is 14.3 Å². The lowest BCUT2D eigenvalue weighted by molar-refractivity contribution is -0.136. The van der Waals surface area contributed by atoms with Gasteiger partial charge in [0, 0.05) is 17.9 Å². The van der Waals surface area contributed by atoms with Gasteiger partial charge in [0.1, 0.15) is 5.82 Å². The Morgan fingerprint density at radius 2 is 1.86 bits per heavy atom. The van der Waals surface area contributed by atoms with Gasteiger partial charge in [0.15, 0.2) is 0 Å². The lowest BCUT2D eigenvalue weighted by Crippen LogP contribution is -2.10. The number of benzene rings is 1. The molecule has 1 aromatic carbocycles. The number of carboxylic acid groups (broad SMARTS) is 1. The molecule has 0 spiro atoms. The maximum absolute atomic E-state index is 13.1. The zero-order valence-electron chi connectivity index (χ0n) is 12.3. The third-order valence-corrected chi connectivity index (χ3v) is 3.35. The minimum absolute atomic E-state index is 0.116. The second-order valence-electron chi connectivity index (χ2n) is 5.61. The molecule has 0 amide bonds. The summed E-state index contributed by atoms with van der Waals surface area (Å²) in [6.45, 7) is 5.06. The second-order valence-corrected chi connectivity index (χ2v) is 5.61. The number of nitrogens with zero attached hydrogens (tertiary/aromatic N) is 1. The Bertz CT molecular complexity index is 614. The Labute approximate surface area is 124 Å². The van der Waals surface area contributed by atoms with E-state index in [-0.39, 0.29) is 12.2 Å². The van der Waals surface area contributed by atoms with E-state index in [4.69, 9.17) is 5.11 Å². The van der Waals surface area contributed by atoms with Crippen LogP contribution in [0.1, 0.15) is 26.0 Å². The molecule has 0 fully saturated rings. The van der Waals surface area contributed by atoms with Crippen LogP contribution >= 0.6 is 0 Å². The summed E-state index contributed by atoms with van der Waals surface area (Å²) in [4.78, 5) is 10.8. The zero-order chi connectivity index (χ0) is 15.4. The van der Waals surface area contributed by atoms with E-state index in [1.807, 2.05) is 12.1 Å². The molecule has 0 aliphatic rings. The van der Waals surface area contributed by atoms with Crippen LogP contribution < -0.4 is 0 Å². The molecule has 1 N–H and O–H groups in total. The lowest BCUT2D eigenvalue weighted by Gasteiger charge is -2.16. The van der Waals surface area contributed by atoms with Gasteiger partial charge in [-0.25, -0.2) is 4.39 Å². The lowest BCUT2D eigenvalue weighted by atomic mass is 10.1. The fourth-order valence-electron chi connectivity index (χ4n) is 2.42. The molecule has 0 atom stereocenters. The first kappa shape index (κ1) is 15.3. The van der Waals surface area contributed by atoms with E-state index in [1.54, 1.807) is 12.1 Å². The van der Waals surface area contributed by atoms with Gasteiger partial charge in [-0.15, -0.1) is 0 Å². The molecule has 0 aliphatic heterocycles. The van der Waals surface area contributed by atoms with Gasteiger partial charge in [0.2, 0.25) is 0 Å². The molecule has 4 heteroatoms. The number of carboxylic acids is 1. The van der Waals surface area contributed by atoms with Crippen LogP contribution in [0, 0.1) is 11.7 Å². The standard InChI is InChI=1S/C17H20FNO2/c1-12(2)11-19-15(8-10-17(20)21)7-9-16(19)13-3-5-14(18)6-4-13/h3-7,9,12H,8,10-11H2,1-2H3,(H,20,21). The minimum atomic E-state index is -0.796. The average molecular weight is 289 g/mol. The topological polar surface area (TPSA) is 42.2 Å². The van der Waals surface area contributed by atoms with Crippen LogP contribution in [0.2, 0.25) is 0 Å². The van der Waals surface area contributed by atoms with Crippen molar-refractivity contribution in [3.05, 3.63) is 47.9 Å². The first-order chi connectivity index (χ1) is 9.97.